The Labute approximate surface area is 142 Å². The average Bonchev–Trinajstić information content (AvgIpc) is 2.55. The van der Waals surface area contributed by atoms with Crippen LogP contribution in [-0.2, 0) is 14.4 Å². The summed E-state index contributed by atoms with van der Waals surface area (Å²) in [6.07, 6.45) is 0.270. The van der Waals surface area contributed by atoms with Gasteiger partial charge in [0, 0.05) is 5.92 Å². The molecule has 0 aliphatic rings. The fraction of sp³-hybridized carbons (Fsp3) is 0.706. The molecule has 0 fully saturated rings. The SMILES string of the molecule is CC[C@@H](O)/C(C)=C\[C@@H](C)C(=O)NCC(=O)[C@@H](C)[C@@H](O)[C@H](C)C(=O)O. The first-order valence-electron chi connectivity index (χ1n) is 8.10. The van der Waals surface area contributed by atoms with Gasteiger partial charge in [-0.2, -0.15) is 0 Å². The highest BCUT2D eigenvalue weighted by molar-refractivity contribution is 5.89. The van der Waals surface area contributed by atoms with Gasteiger partial charge in [-0.05, 0) is 25.8 Å². The lowest BCUT2D eigenvalue weighted by atomic mass is 9.90. The Morgan fingerprint density at radius 1 is 1.08 bits per heavy atom. The standard InChI is InChI=1S/C17H29NO6/c1-6-13(19)9(2)7-10(3)16(22)18-8-14(20)11(4)15(21)12(5)17(23)24/h7,10-13,15,19,21H,6,8H2,1-5H3,(H,18,22)(H,23,24)/b9-7-/t10-,11-,12+,13-,15-/m1/s1. The zero-order valence-corrected chi connectivity index (χ0v) is 14.9. The number of carboxylic acid groups (broad SMARTS) is 1. The lowest BCUT2D eigenvalue weighted by Gasteiger charge is -2.21. The minimum absolute atomic E-state index is 0.281. The molecule has 24 heavy (non-hydrogen) atoms. The lowest BCUT2D eigenvalue weighted by molar-refractivity contribution is -0.147. The van der Waals surface area contributed by atoms with Gasteiger partial charge in [0.05, 0.1) is 30.6 Å². The smallest absolute Gasteiger partial charge is 0.308 e. The molecular formula is C17H29NO6. The Balaban J connectivity index is 4.59. The van der Waals surface area contributed by atoms with Crippen LogP contribution < -0.4 is 5.32 Å². The zero-order valence-electron chi connectivity index (χ0n) is 14.9. The van der Waals surface area contributed by atoms with Crippen LogP contribution in [0.1, 0.15) is 41.0 Å². The number of amides is 1. The van der Waals surface area contributed by atoms with Crippen LogP contribution in [0.25, 0.3) is 0 Å². The van der Waals surface area contributed by atoms with Crippen molar-refractivity contribution in [3.8, 4) is 0 Å². The molecule has 4 N–H and O–H groups in total. The maximum absolute atomic E-state index is 12.0. The summed E-state index contributed by atoms with van der Waals surface area (Å²) in [6, 6.07) is 0. The number of aliphatic carboxylic acids is 1. The van der Waals surface area contributed by atoms with E-state index >= 15 is 0 Å². The number of carboxylic acids is 1. The van der Waals surface area contributed by atoms with Crippen molar-refractivity contribution in [2.45, 2.75) is 53.2 Å². The summed E-state index contributed by atoms with van der Waals surface area (Å²) in [5.41, 5.74) is 0.686. The van der Waals surface area contributed by atoms with Crippen molar-refractivity contribution in [1.82, 2.24) is 5.32 Å². The second-order valence-electron chi connectivity index (χ2n) is 6.21. The molecule has 0 rings (SSSR count). The van der Waals surface area contributed by atoms with Gasteiger partial charge in [-0.3, -0.25) is 14.4 Å². The summed E-state index contributed by atoms with van der Waals surface area (Å²) in [5.74, 6) is -4.48. The first-order chi connectivity index (χ1) is 11.0. The highest BCUT2D eigenvalue weighted by Gasteiger charge is 2.30. The number of hydrogen-bond donors (Lipinski definition) is 4. The maximum Gasteiger partial charge on any atom is 0.308 e. The van der Waals surface area contributed by atoms with Crippen molar-refractivity contribution < 1.29 is 29.7 Å². The van der Waals surface area contributed by atoms with Gasteiger partial charge >= 0.3 is 5.97 Å². The third-order valence-corrected chi connectivity index (χ3v) is 4.20. The van der Waals surface area contributed by atoms with Crippen molar-refractivity contribution in [2.24, 2.45) is 17.8 Å². The third kappa shape index (κ3) is 6.80. The van der Waals surface area contributed by atoms with E-state index in [-0.39, 0.29) is 12.5 Å². The molecule has 0 aliphatic carbocycles. The molecule has 0 heterocycles. The molecule has 5 atom stereocenters. The van der Waals surface area contributed by atoms with Crippen LogP contribution >= 0.6 is 0 Å². The quantitative estimate of drug-likeness (QED) is 0.434. The van der Waals surface area contributed by atoms with E-state index in [4.69, 9.17) is 5.11 Å². The van der Waals surface area contributed by atoms with E-state index in [1.165, 1.54) is 13.8 Å². The van der Waals surface area contributed by atoms with Gasteiger partial charge in [0.15, 0.2) is 5.78 Å². The normalized spacial score (nSPS) is 18.2. The van der Waals surface area contributed by atoms with Crippen molar-refractivity contribution in [2.75, 3.05) is 6.54 Å². The van der Waals surface area contributed by atoms with Crippen LogP contribution in [0.2, 0.25) is 0 Å². The Morgan fingerprint density at radius 3 is 2.08 bits per heavy atom. The summed E-state index contributed by atoms with van der Waals surface area (Å²) in [7, 11) is 0. The zero-order chi connectivity index (χ0) is 19.0. The molecule has 7 heteroatoms. The number of carbonyl (C=O) groups is 3. The number of ketones is 1. The van der Waals surface area contributed by atoms with Crippen LogP contribution in [0.15, 0.2) is 11.6 Å². The van der Waals surface area contributed by atoms with Gasteiger partial charge < -0.3 is 20.6 Å². The highest BCUT2D eigenvalue weighted by atomic mass is 16.4. The minimum Gasteiger partial charge on any atom is -0.481 e. The van der Waals surface area contributed by atoms with E-state index in [2.05, 4.69) is 5.32 Å². The summed E-state index contributed by atoms with van der Waals surface area (Å²) < 4.78 is 0. The van der Waals surface area contributed by atoms with Crippen LogP contribution in [0.4, 0.5) is 0 Å². The number of carbonyl (C=O) groups excluding carboxylic acids is 2. The van der Waals surface area contributed by atoms with E-state index in [9.17, 15) is 24.6 Å². The van der Waals surface area contributed by atoms with Crippen LogP contribution in [0, 0.1) is 17.8 Å². The van der Waals surface area contributed by atoms with Gasteiger partial charge in [-0.1, -0.05) is 26.8 Å². The van der Waals surface area contributed by atoms with Gasteiger partial charge in [-0.25, -0.2) is 0 Å². The Kier molecular flexibility index (Phi) is 9.47. The number of aliphatic hydroxyl groups is 2. The Bertz CT molecular complexity index is 487. The molecule has 138 valence electrons. The first kappa shape index (κ1) is 22.3. The fourth-order valence-corrected chi connectivity index (χ4v) is 2.17. The summed E-state index contributed by atoms with van der Waals surface area (Å²) in [6.45, 7) is 7.69. The van der Waals surface area contributed by atoms with Crippen LogP contribution in [0.5, 0.6) is 0 Å². The summed E-state index contributed by atoms with van der Waals surface area (Å²) >= 11 is 0. The van der Waals surface area contributed by atoms with Gasteiger partial charge in [0.1, 0.15) is 0 Å². The molecule has 0 bridgehead atoms. The third-order valence-electron chi connectivity index (χ3n) is 4.20. The first-order valence-corrected chi connectivity index (χ1v) is 8.10. The largest absolute Gasteiger partial charge is 0.481 e. The molecular weight excluding hydrogens is 314 g/mol. The Morgan fingerprint density at radius 2 is 1.62 bits per heavy atom. The molecule has 0 aromatic rings. The molecule has 0 saturated heterocycles. The van der Waals surface area contributed by atoms with Crippen molar-refractivity contribution in [1.29, 1.82) is 0 Å². The summed E-state index contributed by atoms with van der Waals surface area (Å²) in [5, 5.41) is 30.9. The molecule has 0 aromatic carbocycles. The molecule has 0 saturated carbocycles. The van der Waals surface area contributed by atoms with Crippen LogP contribution in [-0.4, -0.2) is 51.7 Å². The topological polar surface area (TPSA) is 124 Å². The number of aliphatic hydroxyl groups excluding tert-OH is 2. The fourth-order valence-electron chi connectivity index (χ4n) is 2.17. The second kappa shape index (κ2) is 10.2. The second-order valence-corrected chi connectivity index (χ2v) is 6.21. The van der Waals surface area contributed by atoms with Crippen molar-refractivity contribution >= 4 is 17.7 Å². The lowest BCUT2D eigenvalue weighted by Crippen LogP contribution is -2.41. The summed E-state index contributed by atoms with van der Waals surface area (Å²) in [4.78, 5) is 34.8. The van der Waals surface area contributed by atoms with E-state index < -0.39 is 41.7 Å². The van der Waals surface area contributed by atoms with Crippen molar-refractivity contribution in [3.63, 3.8) is 0 Å². The van der Waals surface area contributed by atoms with E-state index in [1.807, 2.05) is 6.92 Å². The van der Waals surface area contributed by atoms with E-state index in [1.54, 1.807) is 19.9 Å². The highest BCUT2D eigenvalue weighted by Crippen LogP contribution is 2.14. The number of rotatable bonds is 10. The number of Topliss-reactive ketones (excluding diaryl/α,β-unsaturated/α-hetero) is 1. The number of hydrogen-bond acceptors (Lipinski definition) is 5. The van der Waals surface area contributed by atoms with E-state index in [0.717, 1.165) is 0 Å². The molecule has 0 unspecified atom stereocenters. The molecule has 7 nitrogen and oxygen atoms in total. The average molecular weight is 343 g/mol. The van der Waals surface area contributed by atoms with Crippen molar-refractivity contribution in [3.05, 3.63) is 11.6 Å². The predicted octanol–water partition coefficient (Wildman–Crippen LogP) is 0.743. The maximum atomic E-state index is 12.0. The molecule has 0 spiro atoms. The number of nitrogens with one attached hydrogen (secondary N) is 1. The van der Waals surface area contributed by atoms with Gasteiger partial charge in [0.2, 0.25) is 5.91 Å². The molecule has 0 aromatic heterocycles. The van der Waals surface area contributed by atoms with Gasteiger partial charge in [-0.15, -0.1) is 0 Å². The van der Waals surface area contributed by atoms with Crippen LogP contribution in [0.3, 0.4) is 0 Å². The molecule has 0 radical (unpaired) electrons. The predicted molar refractivity (Wildman–Crippen MR) is 89.2 cm³/mol. The molecule has 0 aliphatic heterocycles. The van der Waals surface area contributed by atoms with Gasteiger partial charge in [0.25, 0.3) is 0 Å². The molecule has 1 amide bonds. The minimum atomic E-state index is -1.31. The van der Waals surface area contributed by atoms with E-state index in [0.29, 0.717) is 12.0 Å². The monoisotopic (exact) mass is 343 g/mol. The Hall–Kier alpha value is -1.73.